The molecule has 25 heavy (non-hydrogen) atoms. The van der Waals surface area contributed by atoms with Crippen LogP contribution in [0.15, 0.2) is 24.3 Å². The van der Waals surface area contributed by atoms with Gasteiger partial charge in [0.1, 0.15) is 17.9 Å². The molecule has 7 nitrogen and oxygen atoms in total. The van der Waals surface area contributed by atoms with Crippen LogP contribution in [0.5, 0.6) is 0 Å². The maximum atomic E-state index is 13.3. The SMILES string of the molecule is CC(=O)N[C@@H](Cc1cccc(F)c1)C(=O)N[C@@H](C(N)=O)[C@@H](C)CC#N. The van der Waals surface area contributed by atoms with Gasteiger partial charge < -0.3 is 16.4 Å². The molecular weight excluding hydrogens is 327 g/mol. The summed E-state index contributed by atoms with van der Waals surface area (Å²) in [6.07, 6.45) is 0.0733. The highest BCUT2D eigenvalue weighted by molar-refractivity contribution is 5.91. The molecule has 134 valence electrons. The number of rotatable bonds is 8. The van der Waals surface area contributed by atoms with Crippen LogP contribution in [0.4, 0.5) is 4.39 Å². The van der Waals surface area contributed by atoms with Gasteiger partial charge >= 0.3 is 0 Å². The first-order valence-corrected chi connectivity index (χ1v) is 7.72. The number of benzene rings is 1. The topological polar surface area (TPSA) is 125 Å². The zero-order valence-electron chi connectivity index (χ0n) is 14.1. The molecule has 0 saturated heterocycles. The Labute approximate surface area is 145 Å². The molecule has 0 saturated carbocycles. The van der Waals surface area contributed by atoms with Crippen LogP contribution >= 0.6 is 0 Å². The molecule has 0 bridgehead atoms. The Kier molecular flexibility index (Phi) is 7.53. The van der Waals surface area contributed by atoms with E-state index in [4.69, 9.17) is 11.0 Å². The van der Waals surface area contributed by atoms with Crippen LogP contribution in [0.2, 0.25) is 0 Å². The van der Waals surface area contributed by atoms with Gasteiger partial charge in [-0.1, -0.05) is 19.1 Å². The molecule has 1 aromatic rings. The number of carbonyl (C=O) groups excluding carboxylic acids is 3. The van der Waals surface area contributed by atoms with Crippen molar-refractivity contribution in [3.05, 3.63) is 35.6 Å². The van der Waals surface area contributed by atoms with E-state index in [1.54, 1.807) is 13.0 Å². The molecule has 0 aliphatic heterocycles. The fourth-order valence-corrected chi connectivity index (χ4v) is 2.36. The predicted octanol–water partition coefficient (Wildman–Crippen LogP) is 0.393. The molecule has 0 aromatic heterocycles. The summed E-state index contributed by atoms with van der Waals surface area (Å²) in [4.78, 5) is 35.4. The Morgan fingerprint density at radius 1 is 1.32 bits per heavy atom. The summed E-state index contributed by atoms with van der Waals surface area (Å²) in [6, 6.07) is 5.50. The van der Waals surface area contributed by atoms with Gasteiger partial charge in [-0.05, 0) is 23.6 Å². The van der Waals surface area contributed by atoms with Gasteiger partial charge in [-0.25, -0.2) is 4.39 Å². The third-order valence-corrected chi connectivity index (χ3v) is 3.61. The monoisotopic (exact) mass is 348 g/mol. The van der Waals surface area contributed by atoms with Crippen molar-refractivity contribution in [2.45, 2.75) is 38.8 Å². The van der Waals surface area contributed by atoms with E-state index in [1.165, 1.54) is 25.1 Å². The van der Waals surface area contributed by atoms with E-state index in [0.717, 1.165) is 0 Å². The average molecular weight is 348 g/mol. The molecule has 0 aliphatic rings. The molecule has 4 N–H and O–H groups in total. The third kappa shape index (κ3) is 6.59. The van der Waals surface area contributed by atoms with E-state index in [-0.39, 0.29) is 12.8 Å². The van der Waals surface area contributed by atoms with E-state index in [2.05, 4.69) is 10.6 Å². The fourth-order valence-electron chi connectivity index (χ4n) is 2.36. The summed E-state index contributed by atoms with van der Waals surface area (Å²) in [6.45, 7) is 2.86. The van der Waals surface area contributed by atoms with Crippen molar-refractivity contribution >= 4 is 17.7 Å². The molecule has 0 aliphatic carbocycles. The molecule has 3 amide bonds. The van der Waals surface area contributed by atoms with Crippen LogP contribution in [0.3, 0.4) is 0 Å². The number of primary amides is 1. The Bertz CT molecular complexity index is 687. The van der Waals surface area contributed by atoms with Gasteiger partial charge in [0.25, 0.3) is 0 Å². The van der Waals surface area contributed by atoms with Crippen LogP contribution in [0, 0.1) is 23.1 Å². The highest BCUT2D eigenvalue weighted by Crippen LogP contribution is 2.10. The molecule has 0 unspecified atom stereocenters. The second-order valence-electron chi connectivity index (χ2n) is 5.82. The number of nitrogens with two attached hydrogens (primary N) is 1. The molecule has 3 atom stereocenters. The Morgan fingerprint density at radius 2 is 2.00 bits per heavy atom. The summed E-state index contributed by atoms with van der Waals surface area (Å²) < 4.78 is 13.3. The summed E-state index contributed by atoms with van der Waals surface area (Å²) in [7, 11) is 0. The molecule has 0 radical (unpaired) electrons. The second-order valence-corrected chi connectivity index (χ2v) is 5.82. The average Bonchev–Trinajstić information content (AvgIpc) is 2.51. The van der Waals surface area contributed by atoms with Gasteiger partial charge in [0.2, 0.25) is 17.7 Å². The van der Waals surface area contributed by atoms with Gasteiger partial charge in [-0.2, -0.15) is 5.26 Å². The van der Waals surface area contributed by atoms with E-state index in [0.29, 0.717) is 5.56 Å². The van der Waals surface area contributed by atoms with Crippen molar-refractivity contribution in [2.75, 3.05) is 0 Å². The van der Waals surface area contributed by atoms with Gasteiger partial charge in [0.15, 0.2) is 0 Å². The highest BCUT2D eigenvalue weighted by Gasteiger charge is 2.28. The standard InChI is InChI=1S/C17H21FN4O3/c1-10(6-7-19)15(16(20)24)22-17(25)14(21-11(2)23)9-12-4-3-5-13(18)8-12/h3-5,8,10,14-15H,6,9H2,1-2H3,(H2,20,24)(H,21,23)(H,22,25)/t10-,14-,15+/m0/s1. The largest absolute Gasteiger partial charge is 0.368 e. The van der Waals surface area contributed by atoms with Crippen LogP contribution in [-0.2, 0) is 20.8 Å². The van der Waals surface area contributed by atoms with Crippen molar-refractivity contribution < 1.29 is 18.8 Å². The zero-order valence-corrected chi connectivity index (χ0v) is 14.1. The number of carbonyl (C=O) groups is 3. The first kappa shape index (κ1) is 20.1. The lowest BCUT2D eigenvalue weighted by atomic mass is 9.97. The van der Waals surface area contributed by atoms with Crippen molar-refractivity contribution in [1.29, 1.82) is 5.26 Å². The minimum absolute atomic E-state index is 0.0303. The normalized spacial score (nSPS) is 13.8. The van der Waals surface area contributed by atoms with Crippen LogP contribution in [0.1, 0.15) is 25.8 Å². The molecule has 0 heterocycles. The highest BCUT2D eigenvalue weighted by atomic mass is 19.1. The fraction of sp³-hybridized carbons (Fsp3) is 0.412. The lowest BCUT2D eigenvalue weighted by Gasteiger charge is -2.24. The van der Waals surface area contributed by atoms with E-state index in [9.17, 15) is 18.8 Å². The van der Waals surface area contributed by atoms with Crippen LogP contribution in [0.25, 0.3) is 0 Å². The lowest BCUT2D eigenvalue weighted by molar-refractivity contribution is -0.131. The first-order chi connectivity index (χ1) is 11.7. The summed E-state index contributed by atoms with van der Waals surface area (Å²) in [5.74, 6) is -2.80. The number of hydrogen-bond donors (Lipinski definition) is 3. The van der Waals surface area contributed by atoms with Gasteiger partial charge in [-0.3, -0.25) is 14.4 Å². The lowest BCUT2D eigenvalue weighted by Crippen LogP contribution is -2.55. The molecule has 1 rings (SSSR count). The van der Waals surface area contributed by atoms with Crippen molar-refractivity contribution in [3.8, 4) is 6.07 Å². The third-order valence-electron chi connectivity index (χ3n) is 3.61. The number of hydrogen-bond acceptors (Lipinski definition) is 4. The number of amides is 3. The minimum atomic E-state index is -1.05. The van der Waals surface area contributed by atoms with E-state index in [1.807, 2.05) is 6.07 Å². The first-order valence-electron chi connectivity index (χ1n) is 7.72. The number of halogens is 1. The van der Waals surface area contributed by atoms with Crippen molar-refractivity contribution in [3.63, 3.8) is 0 Å². The maximum Gasteiger partial charge on any atom is 0.243 e. The molecule has 8 heteroatoms. The van der Waals surface area contributed by atoms with E-state index < -0.39 is 41.5 Å². The zero-order chi connectivity index (χ0) is 19.0. The summed E-state index contributed by atoms with van der Waals surface area (Å²) in [5.41, 5.74) is 5.80. The molecule has 0 spiro atoms. The Morgan fingerprint density at radius 3 is 2.52 bits per heavy atom. The molecule has 1 aromatic carbocycles. The number of nitrogens with one attached hydrogen (secondary N) is 2. The van der Waals surface area contributed by atoms with E-state index >= 15 is 0 Å². The Balaban J connectivity index is 2.93. The van der Waals surface area contributed by atoms with Crippen LogP contribution in [-0.4, -0.2) is 29.8 Å². The summed E-state index contributed by atoms with van der Waals surface area (Å²) >= 11 is 0. The van der Waals surface area contributed by atoms with Crippen molar-refractivity contribution in [2.24, 2.45) is 11.7 Å². The van der Waals surface area contributed by atoms with Gasteiger partial charge in [0.05, 0.1) is 6.07 Å². The van der Waals surface area contributed by atoms with Crippen molar-refractivity contribution in [1.82, 2.24) is 10.6 Å². The number of nitriles is 1. The smallest absolute Gasteiger partial charge is 0.243 e. The maximum absolute atomic E-state index is 13.3. The quantitative estimate of drug-likeness (QED) is 0.628. The van der Waals surface area contributed by atoms with Gasteiger partial charge in [-0.15, -0.1) is 0 Å². The van der Waals surface area contributed by atoms with Crippen LogP contribution < -0.4 is 16.4 Å². The molecule has 0 fully saturated rings. The molecular formula is C17H21FN4O3. The Hall–Kier alpha value is -2.95. The summed E-state index contributed by atoms with van der Waals surface area (Å²) in [5, 5.41) is 13.7. The minimum Gasteiger partial charge on any atom is -0.368 e. The second kappa shape index (κ2) is 9.37. The predicted molar refractivity (Wildman–Crippen MR) is 88.2 cm³/mol. The van der Waals surface area contributed by atoms with Gasteiger partial charge in [0, 0.05) is 19.8 Å². The number of nitrogens with zero attached hydrogens (tertiary/aromatic N) is 1.